The average molecular weight is 297 g/mol. The van der Waals surface area contributed by atoms with Gasteiger partial charge >= 0.3 is 0 Å². The van der Waals surface area contributed by atoms with Crippen LogP contribution in [0.2, 0.25) is 0 Å². The van der Waals surface area contributed by atoms with Crippen molar-refractivity contribution in [2.45, 2.75) is 26.8 Å². The lowest BCUT2D eigenvalue weighted by atomic mass is 10.2. The summed E-state index contributed by atoms with van der Waals surface area (Å²) in [7, 11) is 0. The van der Waals surface area contributed by atoms with Crippen molar-refractivity contribution in [2.24, 2.45) is 0 Å². The molecule has 1 aromatic heterocycles. The molecule has 21 heavy (non-hydrogen) atoms. The molecule has 0 spiro atoms. The van der Waals surface area contributed by atoms with Crippen LogP contribution in [0.1, 0.15) is 23.4 Å². The van der Waals surface area contributed by atoms with E-state index in [0.29, 0.717) is 5.69 Å². The van der Waals surface area contributed by atoms with Crippen molar-refractivity contribution >= 4 is 11.6 Å². The molecule has 7 heteroatoms. The first-order valence-corrected chi connectivity index (χ1v) is 6.25. The fraction of sp³-hybridized carbons (Fsp3) is 0.286. The minimum atomic E-state index is -2.73. The molecule has 112 valence electrons. The molecule has 1 amide bonds. The van der Waals surface area contributed by atoms with Crippen molar-refractivity contribution in [1.82, 2.24) is 9.78 Å². The Hall–Kier alpha value is -2.31. The Labute approximate surface area is 119 Å². The molecule has 1 heterocycles. The zero-order valence-electron chi connectivity index (χ0n) is 11.5. The number of hydrogen-bond acceptors (Lipinski definition) is 2. The quantitative estimate of drug-likeness (QED) is 0.942. The van der Waals surface area contributed by atoms with Gasteiger partial charge in [-0.2, -0.15) is 5.10 Å². The number of anilines is 1. The summed E-state index contributed by atoms with van der Waals surface area (Å²) in [5.41, 5.74) is 0.838. The summed E-state index contributed by atoms with van der Waals surface area (Å²) < 4.78 is 40.0. The van der Waals surface area contributed by atoms with Crippen LogP contribution in [0.4, 0.5) is 18.9 Å². The minimum Gasteiger partial charge on any atom is -0.322 e. The molecule has 0 saturated heterocycles. The van der Waals surface area contributed by atoms with Gasteiger partial charge in [-0.15, -0.1) is 0 Å². The summed E-state index contributed by atoms with van der Waals surface area (Å²) >= 11 is 0. The first-order valence-electron chi connectivity index (χ1n) is 6.25. The smallest absolute Gasteiger partial charge is 0.280 e. The van der Waals surface area contributed by atoms with E-state index in [-0.39, 0.29) is 11.4 Å². The van der Waals surface area contributed by atoms with E-state index in [2.05, 4.69) is 10.4 Å². The lowest BCUT2D eigenvalue weighted by Crippen LogP contribution is -2.21. The summed E-state index contributed by atoms with van der Waals surface area (Å²) in [4.78, 5) is 11.8. The van der Waals surface area contributed by atoms with Gasteiger partial charge in [-0.3, -0.25) is 9.48 Å². The van der Waals surface area contributed by atoms with Gasteiger partial charge in [0.15, 0.2) is 0 Å². The van der Waals surface area contributed by atoms with Crippen molar-refractivity contribution in [3.05, 3.63) is 47.0 Å². The van der Waals surface area contributed by atoms with Gasteiger partial charge in [-0.05, 0) is 37.6 Å². The van der Waals surface area contributed by atoms with E-state index in [4.69, 9.17) is 0 Å². The van der Waals surface area contributed by atoms with Gasteiger partial charge in [0.05, 0.1) is 11.4 Å². The maximum atomic E-state index is 13.5. The molecule has 4 nitrogen and oxygen atoms in total. The maximum Gasteiger partial charge on any atom is 0.280 e. The number of alkyl halides is 2. The van der Waals surface area contributed by atoms with Crippen LogP contribution < -0.4 is 5.32 Å². The molecule has 0 atom stereocenters. The predicted octanol–water partition coefficient (Wildman–Crippen LogP) is 3.22. The fourth-order valence-electron chi connectivity index (χ4n) is 1.93. The molecule has 2 aromatic rings. The number of halogens is 3. The Morgan fingerprint density at radius 1 is 1.33 bits per heavy atom. The minimum absolute atomic E-state index is 0.0162. The number of hydrogen-bond donors (Lipinski definition) is 1. The van der Waals surface area contributed by atoms with Gasteiger partial charge in [-0.1, -0.05) is 6.07 Å². The molecule has 0 bridgehead atoms. The van der Waals surface area contributed by atoms with E-state index in [0.717, 1.165) is 10.2 Å². The highest BCUT2D eigenvalue weighted by molar-refractivity contribution is 5.90. The monoisotopic (exact) mass is 297 g/mol. The van der Waals surface area contributed by atoms with E-state index < -0.39 is 24.7 Å². The summed E-state index contributed by atoms with van der Waals surface area (Å²) in [5.74, 6) is -1.20. The molecule has 2 rings (SSSR count). The zero-order chi connectivity index (χ0) is 15.6. The van der Waals surface area contributed by atoms with Crippen molar-refractivity contribution in [3.63, 3.8) is 0 Å². The van der Waals surface area contributed by atoms with E-state index in [1.165, 1.54) is 18.2 Å². The number of rotatable bonds is 4. The second-order valence-corrected chi connectivity index (χ2v) is 4.70. The fourth-order valence-corrected chi connectivity index (χ4v) is 1.93. The van der Waals surface area contributed by atoms with Crippen LogP contribution in [0.5, 0.6) is 0 Å². The normalized spacial score (nSPS) is 11.0. The lowest BCUT2D eigenvalue weighted by Gasteiger charge is -2.09. The van der Waals surface area contributed by atoms with Gasteiger partial charge in [0.2, 0.25) is 5.91 Å². The standard InChI is InChI=1S/C14H14F3N3O/c1-8-3-4-10(15)11(5-8)18-13(21)7-20-12(14(16)17)6-9(2)19-20/h3-6,14H,7H2,1-2H3,(H,18,21). The second kappa shape index (κ2) is 5.99. The molecule has 0 unspecified atom stereocenters. The molecule has 0 saturated carbocycles. The number of benzene rings is 1. The van der Waals surface area contributed by atoms with E-state index in [1.807, 2.05) is 0 Å². The van der Waals surface area contributed by atoms with Gasteiger partial charge in [0.1, 0.15) is 18.1 Å². The molecule has 0 aliphatic carbocycles. The number of amides is 1. The highest BCUT2D eigenvalue weighted by atomic mass is 19.3. The van der Waals surface area contributed by atoms with Gasteiger partial charge in [-0.25, -0.2) is 13.2 Å². The molecular formula is C14H14F3N3O. The van der Waals surface area contributed by atoms with Crippen LogP contribution in [-0.2, 0) is 11.3 Å². The van der Waals surface area contributed by atoms with Crippen molar-refractivity contribution < 1.29 is 18.0 Å². The Morgan fingerprint density at radius 2 is 2.05 bits per heavy atom. The molecule has 0 aliphatic rings. The lowest BCUT2D eigenvalue weighted by molar-refractivity contribution is -0.117. The molecule has 0 radical (unpaired) electrons. The van der Waals surface area contributed by atoms with Crippen LogP contribution in [0.15, 0.2) is 24.3 Å². The average Bonchev–Trinajstić information content (AvgIpc) is 2.75. The molecule has 1 N–H and O–H groups in total. The molecular weight excluding hydrogens is 283 g/mol. The summed E-state index contributed by atoms with van der Waals surface area (Å²) in [5, 5.41) is 6.19. The van der Waals surface area contributed by atoms with E-state index >= 15 is 0 Å². The third-order valence-corrected chi connectivity index (χ3v) is 2.85. The summed E-state index contributed by atoms with van der Waals surface area (Å²) in [6, 6.07) is 5.48. The van der Waals surface area contributed by atoms with Crippen LogP contribution >= 0.6 is 0 Å². The van der Waals surface area contributed by atoms with E-state index in [9.17, 15) is 18.0 Å². The maximum absolute atomic E-state index is 13.5. The summed E-state index contributed by atoms with van der Waals surface area (Å²) in [6.07, 6.45) is -2.73. The van der Waals surface area contributed by atoms with Gasteiger partial charge in [0, 0.05) is 0 Å². The second-order valence-electron chi connectivity index (χ2n) is 4.70. The molecule has 0 fully saturated rings. The number of aryl methyl sites for hydroxylation is 2. The van der Waals surface area contributed by atoms with Gasteiger partial charge in [0.25, 0.3) is 6.43 Å². The third kappa shape index (κ3) is 3.62. The first kappa shape index (κ1) is 15.1. The number of nitrogens with zero attached hydrogens (tertiary/aromatic N) is 2. The Balaban J connectivity index is 2.13. The van der Waals surface area contributed by atoms with Crippen LogP contribution in [0.25, 0.3) is 0 Å². The van der Waals surface area contributed by atoms with Crippen LogP contribution in [-0.4, -0.2) is 15.7 Å². The van der Waals surface area contributed by atoms with Crippen LogP contribution in [0.3, 0.4) is 0 Å². The van der Waals surface area contributed by atoms with Crippen molar-refractivity contribution in [3.8, 4) is 0 Å². The SMILES string of the molecule is Cc1ccc(F)c(NC(=O)Cn2nc(C)cc2C(F)F)c1. The molecule has 1 aromatic carbocycles. The topological polar surface area (TPSA) is 46.9 Å². The Kier molecular flexibility index (Phi) is 4.30. The van der Waals surface area contributed by atoms with Gasteiger partial charge < -0.3 is 5.32 Å². The van der Waals surface area contributed by atoms with E-state index in [1.54, 1.807) is 19.9 Å². The Morgan fingerprint density at radius 3 is 2.71 bits per heavy atom. The Bertz CT molecular complexity index is 667. The van der Waals surface area contributed by atoms with Crippen molar-refractivity contribution in [2.75, 3.05) is 5.32 Å². The molecule has 0 aliphatic heterocycles. The number of nitrogens with one attached hydrogen (secondary N) is 1. The number of carbonyl (C=O) groups is 1. The van der Waals surface area contributed by atoms with Crippen molar-refractivity contribution in [1.29, 1.82) is 0 Å². The first-order chi connectivity index (χ1) is 9.86. The number of carbonyl (C=O) groups excluding carboxylic acids is 1. The predicted molar refractivity (Wildman–Crippen MR) is 71.7 cm³/mol. The third-order valence-electron chi connectivity index (χ3n) is 2.85. The largest absolute Gasteiger partial charge is 0.322 e. The van der Waals surface area contributed by atoms with Crippen LogP contribution in [0, 0.1) is 19.7 Å². The highest BCUT2D eigenvalue weighted by Crippen LogP contribution is 2.20. The zero-order valence-corrected chi connectivity index (χ0v) is 11.5. The summed E-state index contributed by atoms with van der Waals surface area (Å²) in [6.45, 7) is 2.91. The highest BCUT2D eigenvalue weighted by Gasteiger charge is 2.17. The number of aromatic nitrogens is 2.